The van der Waals surface area contributed by atoms with Gasteiger partial charge in [0, 0.05) is 12.5 Å². The summed E-state index contributed by atoms with van der Waals surface area (Å²) in [5, 5.41) is 11.5. The van der Waals surface area contributed by atoms with Gasteiger partial charge in [0.1, 0.15) is 11.6 Å². The van der Waals surface area contributed by atoms with Crippen LogP contribution in [0.2, 0.25) is 5.02 Å². The Kier molecular flexibility index (Phi) is 10.0. The smallest absolute Gasteiger partial charge is 0.244 e. The molecule has 1 unspecified atom stereocenters. The van der Waals surface area contributed by atoms with Crippen LogP contribution in [-0.2, 0) is 19.4 Å². The van der Waals surface area contributed by atoms with Gasteiger partial charge in [-0.1, -0.05) is 76.6 Å². The van der Waals surface area contributed by atoms with Gasteiger partial charge in [-0.15, -0.1) is 0 Å². The van der Waals surface area contributed by atoms with Crippen molar-refractivity contribution in [3.63, 3.8) is 0 Å². The molecule has 2 aliphatic rings. The molecule has 1 aliphatic heterocycles. The first-order valence-electron chi connectivity index (χ1n) is 13.6. The molecular formula is C28H40ClN3O4S. The summed E-state index contributed by atoms with van der Waals surface area (Å²) >= 11 is 6.23. The SMILES string of the molecule is CCCC(CCC)CC(CCC)C(=O)N1C[C@H](S(=O)(=O)c2ccccc2Cl)C[C@H]1C(=O)NC1(C#N)CC1. The molecule has 0 bridgehead atoms. The lowest BCUT2D eigenvalue weighted by atomic mass is 9.85. The topological polar surface area (TPSA) is 107 Å². The Morgan fingerprint density at radius 2 is 1.76 bits per heavy atom. The molecule has 1 aromatic rings. The first-order valence-corrected chi connectivity index (χ1v) is 15.6. The number of halogens is 1. The molecule has 1 aromatic carbocycles. The second-order valence-electron chi connectivity index (χ2n) is 10.7. The maximum absolute atomic E-state index is 14.0. The van der Waals surface area contributed by atoms with E-state index >= 15 is 0 Å². The summed E-state index contributed by atoms with van der Waals surface area (Å²) in [7, 11) is -3.88. The van der Waals surface area contributed by atoms with E-state index in [4.69, 9.17) is 11.6 Å². The fourth-order valence-corrected chi connectivity index (χ4v) is 7.82. The highest BCUT2D eigenvalue weighted by Gasteiger charge is 2.51. The number of carbonyl (C=O) groups excluding carboxylic acids is 2. The number of nitriles is 1. The zero-order valence-corrected chi connectivity index (χ0v) is 23.8. The minimum atomic E-state index is -3.88. The van der Waals surface area contributed by atoms with Crippen LogP contribution in [0, 0.1) is 23.2 Å². The first-order chi connectivity index (χ1) is 17.6. The lowest BCUT2D eigenvalue weighted by molar-refractivity contribution is -0.142. The molecule has 204 valence electrons. The van der Waals surface area contributed by atoms with E-state index < -0.39 is 32.6 Å². The molecule has 2 amide bonds. The summed E-state index contributed by atoms with van der Waals surface area (Å²) in [5.41, 5.74) is -0.901. The monoisotopic (exact) mass is 549 g/mol. The van der Waals surface area contributed by atoms with E-state index in [-0.39, 0.29) is 34.7 Å². The van der Waals surface area contributed by atoms with Gasteiger partial charge < -0.3 is 10.2 Å². The van der Waals surface area contributed by atoms with Gasteiger partial charge >= 0.3 is 0 Å². The van der Waals surface area contributed by atoms with Crippen LogP contribution in [-0.4, -0.2) is 48.5 Å². The first kappa shape index (κ1) is 29.4. The zero-order valence-electron chi connectivity index (χ0n) is 22.2. The summed E-state index contributed by atoms with van der Waals surface area (Å²) in [6.45, 7) is 6.27. The van der Waals surface area contributed by atoms with E-state index in [9.17, 15) is 23.3 Å². The Hall–Kier alpha value is -2.11. The third-order valence-electron chi connectivity index (χ3n) is 7.76. The van der Waals surface area contributed by atoms with Gasteiger partial charge in [0.05, 0.1) is 21.2 Å². The van der Waals surface area contributed by atoms with Crippen molar-refractivity contribution in [2.75, 3.05) is 6.54 Å². The molecule has 3 rings (SSSR count). The van der Waals surface area contributed by atoms with Gasteiger partial charge in [-0.2, -0.15) is 5.26 Å². The summed E-state index contributed by atoms with van der Waals surface area (Å²) in [4.78, 5) is 28.9. The van der Waals surface area contributed by atoms with Crippen molar-refractivity contribution in [3.8, 4) is 6.07 Å². The van der Waals surface area contributed by atoms with Crippen molar-refractivity contribution in [3.05, 3.63) is 29.3 Å². The molecule has 1 N–H and O–H groups in total. The van der Waals surface area contributed by atoms with Gasteiger partial charge in [0.25, 0.3) is 0 Å². The number of benzene rings is 1. The summed E-state index contributed by atoms with van der Waals surface area (Å²) < 4.78 is 27.2. The van der Waals surface area contributed by atoms with Crippen molar-refractivity contribution in [2.24, 2.45) is 11.8 Å². The van der Waals surface area contributed by atoms with Crippen LogP contribution in [0.25, 0.3) is 0 Å². The third kappa shape index (κ3) is 6.86. The van der Waals surface area contributed by atoms with Crippen LogP contribution in [0.5, 0.6) is 0 Å². The molecule has 37 heavy (non-hydrogen) atoms. The van der Waals surface area contributed by atoms with Gasteiger partial charge in [0.2, 0.25) is 11.8 Å². The number of hydrogen-bond donors (Lipinski definition) is 1. The summed E-state index contributed by atoms with van der Waals surface area (Å²) in [6.07, 6.45) is 7.53. The number of nitrogens with zero attached hydrogens (tertiary/aromatic N) is 2. The average molecular weight is 550 g/mol. The number of hydrogen-bond acceptors (Lipinski definition) is 5. The third-order valence-corrected chi connectivity index (χ3v) is 10.4. The quantitative estimate of drug-likeness (QED) is 0.360. The number of sulfone groups is 1. The minimum absolute atomic E-state index is 0.0150. The van der Waals surface area contributed by atoms with E-state index in [1.807, 2.05) is 6.92 Å². The van der Waals surface area contributed by atoms with Crippen molar-refractivity contribution in [1.29, 1.82) is 5.26 Å². The Morgan fingerprint density at radius 3 is 2.30 bits per heavy atom. The number of rotatable bonds is 13. The van der Waals surface area contributed by atoms with E-state index in [1.54, 1.807) is 12.1 Å². The molecule has 0 radical (unpaired) electrons. The van der Waals surface area contributed by atoms with Gasteiger partial charge in [-0.25, -0.2) is 8.42 Å². The number of likely N-dealkylation sites (tertiary alicyclic amines) is 1. The Balaban J connectivity index is 1.91. The number of nitrogens with one attached hydrogen (secondary N) is 1. The van der Waals surface area contributed by atoms with Crippen molar-refractivity contribution in [2.45, 2.75) is 107 Å². The van der Waals surface area contributed by atoms with Crippen LogP contribution < -0.4 is 5.32 Å². The van der Waals surface area contributed by atoms with Crippen LogP contribution in [0.15, 0.2) is 29.2 Å². The van der Waals surface area contributed by atoms with Gasteiger partial charge in [-0.05, 0) is 50.2 Å². The normalized spacial score (nSPS) is 21.5. The predicted molar refractivity (Wildman–Crippen MR) is 145 cm³/mol. The van der Waals surface area contributed by atoms with E-state index in [2.05, 4.69) is 25.2 Å². The van der Waals surface area contributed by atoms with Crippen LogP contribution in [0.4, 0.5) is 0 Å². The molecule has 0 aromatic heterocycles. The molecule has 7 nitrogen and oxygen atoms in total. The van der Waals surface area contributed by atoms with Crippen LogP contribution >= 0.6 is 11.6 Å². The molecule has 1 saturated carbocycles. The molecule has 1 heterocycles. The lowest BCUT2D eigenvalue weighted by Gasteiger charge is -2.30. The fraction of sp³-hybridized carbons (Fsp3) is 0.679. The molecule has 2 fully saturated rings. The standard InChI is InChI=1S/C28H40ClN3O4S/c1-4-9-20(10-5-2)16-21(11-6-3)27(34)32-18-22(37(35,36)25-13-8-7-12-23(25)29)17-24(32)26(33)31-28(19-30)14-15-28/h7-8,12-13,20-22,24H,4-6,9-11,14-18H2,1-3H3,(H,31,33)/t21?,22-,24+/m1/s1. The summed E-state index contributed by atoms with van der Waals surface area (Å²) in [6, 6.07) is 7.49. The van der Waals surface area contributed by atoms with E-state index in [0.29, 0.717) is 25.2 Å². The highest BCUT2D eigenvalue weighted by atomic mass is 35.5. The number of amides is 2. The predicted octanol–water partition coefficient (Wildman–Crippen LogP) is 5.28. The highest BCUT2D eigenvalue weighted by molar-refractivity contribution is 7.92. The Morgan fingerprint density at radius 1 is 1.14 bits per heavy atom. The molecule has 3 atom stereocenters. The minimum Gasteiger partial charge on any atom is -0.336 e. The van der Waals surface area contributed by atoms with E-state index in [1.165, 1.54) is 17.0 Å². The van der Waals surface area contributed by atoms with E-state index in [0.717, 1.165) is 38.5 Å². The van der Waals surface area contributed by atoms with Crippen molar-refractivity contribution >= 4 is 33.3 Å². The molecular weight excluding hydrogens is 510 g/mol. The second-order valence-corrected chi connectivity index (χ2v) is 13.3. The molecule has 0 spiro atoms. The van der Waals surface area contributed by atoms with Gasteiger partial charge in [0.15, 0.2) is 9.84 Å². The average Bonchev–Trinajstić information content (AvgIpc) is 3.48. The maximum atomic E-state index is 14.0. The largest absolute Gasteiger partial charge is 0.336 e. The lowest BCUT2D eigenvalue weighted by Crippen LogP contribution is -2.50. The second kappa shape index (κ2) is 12.6. The fourth-order valence-electron chi connectivity index (χ4n) is 5.60. The van der Waals surface area contributed by atoms with Gasteiger partial charge in [-0.3, -0.25) is 9.59 Å². The van der Waals surface area contributed by atoms with Crippen molar-refractivity contribution in [1.82, 2.24) is 10.2 Å². The molecule has 9 heteroatoms. The zero-order chi connectivity index (χ0) is 27.2. The van der Waals surface area contributed by atoms with Crippen LogP contribution in [0.1, 0.15) is 85.0 Å². The van der Waals surface area contributed by atoms with Crippen LogP contribution in [0.3, 0.4) is 0 Å². The van der Waals surface area contributed by atoms with Crippen molar-refractivity contribution < 1.29 is 18.0 Å². The molecule has 1 aliphatic carbocycles. The highest BCUT2D eigenvalue weighted by Crippen LogP contribution is 2.37. The Labute approximate surface area is 226 Å². The number of carbonyl (C=O) groups is 2. The molecule has 1 saturated heterocycles. The maximum Gasteiger partial charge on any atom is 0.244 e. The Bertz CT molecular complexity index is 1110. The summed E-state index contributed by atoms with van der Waals surface area (Å²) in [5.74, 6) is -0.451.